The smallest absolute Gasteiger partial charge is 0.379 e. The number of Topliss-reactive ketones (excluding diaryl/α,β-unsaturated/α-hetero) is 1. The SMILES string of the molecule is O=C(CCN1C(=O)c2ccccc2C1=O)OCC(=O)c1ccc(OC(=O)c2ccco2)cc1. The van der Waals surface area contributed by atoms with Crippen molar-refractivity contribution in [1.29, 1.82) is 0 Å². The number of amides is 2. The molecule has 2 aromatic carbocycles. The molecule has 2 amide bonds. The second-order valence-electron chi connectivity index (χ2n) is 7.03. The van der Waals surface area contributed by atoms with E-state index in [-0.39, 0.29) is 30.0 Å². The third-order valence-electron chi connectivity index (χ3n) is 4.89. The van der Waals surface area contributed by atoms with Crippen LogP contribution in [0.25, 0.3) is 0 Å². The van der Waals surface area contributed by atoms with Gasteiger partial charge in [0.15, 0.2) is 12.4 Å². The van der Waals surface area contributed by atoms with E-state index in [9.17, 15) is 24.0 Å². The molecule has 1 aliphatic heterocycles. The molecule has 0 spiro atoms. The highest BCUT2D eigenvalue weighted by Crippen LogP contribution is 2.22. The number of hydrogen-bond donors (Lipinski definition) is 0. The van der Waals surface area contributed by atoms with E-state index in [1.54, 1.807) is 30.3 Å². The first-order chi connectivity index (χ1) is 15.9. The average Bonchev–Trinajstić information content (AvgIpc) is 3.45. The highest BCUT2D eigenvalue weighted by atomic mass is 16.5. The Labute approximate surface area is 187 Å². The van der Waals surface area contributed by atoms with E-state index in [0.717, 1.165) is 4.90 Å². The van der Waals surface area contributed by atoms with Gasteiger partial charge in [0, 0.05) is 12.1 Å². The molecular formula is C24H17NO8. The van der Waals surface area contributed by atoms with Gasteiger partial charge in [-0.25, -0.2) is 4.79 Å². The van der Waals surface area contributed by atoms with Crippen molar-refractivity contribution in [1.82, 2.24) is 4.90 Å². The normalized spacial score (nSPS) is 12.4. The number of imide groups is 1. The maximum absolute atomic E-state index is 12.3. The van der Waals surface area contributed by atoms with Gasteiger partial charge < -0.3 is 13.9 Å². The molecule has 3 aromatic rings. The Morgan fingerprint density at radius 2 is 1.52 bits per heavy atom. The van der Waals surface area contributed by atoms with Gasteiger partial charge in [0.2, 0.25) is 5.76 Å². The lowest BCUT2D eigenvalue weighted by Gasteiger charge is -2.13. The molecule has 4 rings (SSSR count). The summed E-state index contributed by atoms with van der Waals surface area (Å²) in [6, 6.07) is 15.1. The van der Waals surface area contributed by atoms with E-state index in [1.165, 1.54) is 36.6 Å². The van der Waals surface area contributed by atoms with Gasteiger partial charge in [-0.3, -0.25) is 24.1 Å². The molecule has 0 bridgehead atoms. The average molecular weight is 447 g/mol. The first-order valence-electron chi connectivity index (χ1n) is 9.94. The number of esters is 2. The van der Waals surface area contributed by atoms with E-state index in [0.29, 0.717) is 11.1 Å². The number of furan rings is 1. The van der Waals surface area contributed by atoms with Gasteiger partial charge in [-0.1, -0.05) is 12.1 Å². The van der Waals surface area contributed by atoms with Crippen molar-refractivity contribution in [2.75, 3.05) is 13.2 Å². The van der Waals surface area contributed by atoms with Crippen LogP contribution in [-0.4, -0.2) is 47.6 Å². The lowest BCUT2D eigenvalue weighted by molar-refractivity contribution is -0.142. The van der Waals surface area contributed by atoms with Gasteiger partial charge in [-0.15, -0.1) is 0 Å². The number of benzene rings is 2. The standard InChI is InChI=1S/C24H17NO8/c26-19(15-7-9-16(10-8-15)33-24(30)20-6-3-13-31-20)14-32-21(27)11-12-25-22(28)17-4-1-2-5-18(17)23(25)29/h1-10,13H,11-12,14H2. The maximum atomic E-state index is 12.3. The summed E-state index contributed by atoms with van der Waals surface area (Å²) in [5.74, 6) is -2.53. The van der Waals surface area contributed by atoms with E-state index < -0.39 is 36.1 Å². The molecular weight excluding hydrogens is 430 g/mol. The second-order valence-corrected chi connectivity index (χ2v) is 7.03. The number of carbonyl (C=O) groups is 5. The summed E-state index contributed by atoms with van der Waals surface area (Å²) < 4.78 is 15.0. The van der Waals surface area contributed by atoms with Crippen molar-refractivity contribution >= 4 is 29.5 Å². The zero-order valence-electron chi connectivity index (χ0n) is 17.2. The summed E-state index contributed by atoms with van der Waals surface area (Å²) in [6.07, 6.45) is 1.11. The van der Waals surface area contributed by atoms with Gasteiger partial charge >= 0.3 is 11.9 Å². The lowest BCUT2D eigenvalue weighted by Crippen LogP contribution is -2.32. The van der Waals surface area contributed by atoms with Crippen LogP contribution >= 0.6 is 0 Å². The zero-order chi connectivity index (χ0) is 23.4. The first kappa shape index (κ1) is 21.7. The number of ether oxygens (including phenoxy) is 2. The summed E-state index contributed by atoms with van der Waals surface area (Å²) in [4.78, 5) is 61.7. The molecule has 9 heteroatoms. The summed E-state index contributed by atoms with van der Waals surface area (Å²) >= 11 is 0. The van der Waals surface area contributed by atoms with E-state index >= 15 is 0 Å². The van der Waals surface area contributed by atoms with Crippen LogP contribution in [0.15, 0.2) is 71.3 Å². The number of ketones is 1. The Balaban J connectivity index is 1.24. The summed E-state index contributed by atoms with van der Waals surface area (Å²) in [7, 11) is 0. The summed E-state index contributed by atoms with van der Waals surface area (Å²) in [6.45, 7) is -0.651. The predicted octanol–water partition coefficient (Wildman–Crippen LogP) is 2.91. The van der Waals surface area contributed by atoms with Crippen LogP contribution in [0.4, 0.5) is 0 Å². The highest BCUT2D eigenvalue weighted by Gasteiger charge is 2.35. The van der Waals surface area contributed by atoms with Crippen molar-refractivity contribution in [2.45, 2.75) is 6.42 Å². The van der Waals surface area contributed by atoms with Gasteiger partial charge in [0.25, 0.3) is 11.8 Å². The molecule has 0 atom stereocenters. The van der Waals surface area contributed by atoms with Crippen LogP contribution in [0.5, 0.6) is 5.75 Å². The molecule has 1 aliphatic rings. The van der Waals surface area contributed by atoms with E-state index in [1.807, 2.05) is 0 Å². The zero-order valence-corrected chi connectivity index (χ0v) is 17.2. The number of hydrogen-bond acceptors (Lipinski definition) is 8. The molecule has 0 unspecified atom stereocenters. The fraction of sp³-hybridized carbons (Fsp3) is 0.125. The molecule has 0 aliphatic carbocycles. The third-order valence-corrected chi connectivity index (χ3v) is 4.89. The van der Waals surface area contributed by atoms with Gasteiger partial charge in [-0.05, 0) is 48.5 Å². The fourth-order valence-corrected chi connectivity index (χ4v) is 3.21. The Bertz CT molecular complexity index is 1190. The Kier molecular flexibility index (Phi) is 6.12. The number of fused-ring (bicyclic) bond motifs is 1. The van der Waals surface area contributed by atoms with Crippen molar-refractivity contribution in [3.63, 3.8) is 0 Å². The molecule has 33 heavy (non-hydrogen) atoms. The Morgan fingerprint density at radius 1 is 0.848 bits per heavy atom. The molecule has 2 heterocycles. The minimum absolute atomic E-state index is 0.0447. The van der Waals surface area contributed by atoms with Crippen molar-refractivity contribution in [2.24, 2.45) is 0 Å². The van der Waals surface area contributed by atoms with Gasteiger partial charge in [0.1, 0.15) is 5.75 Å². The molecule has 0 N–H and O–H groups in total. The number of rotatable bonds is 8. The van der Waals surface area contributed by atoms with Crippen LogP contribution in [0.3, 0.4) is 0 Å². The summed E-state index contributed by atoms with van der Waals surface area (Å²) in [5.41, 5.74) is 0.842. The quantitative estimate of drug-likeness (QED) is 0.224. The second kappa shape index (κ2) is 9.31. The molecule has 0 fully saturated rings. The molecule has 0 saturated carbocycles. The molecule has 9 nitrogen and oxygen atoms in total. The van der Waals surface area contributed by atoms with E-state index in [4.69, 9.17) is 13.9 Å². The van der Waals surface area contributed by atoms with Crippen molar-refractivity contribution in [3.05, 3.63) is 89.4 Å². The van der Waals surface area contributed by atoms with Crippen LogP contribution in [0.1, 0.15) is 48.0 Å². The molecule has 0 radical (unpaired) electrons. The van der Waals surface area contributed by atoms with Crippen molar-refractivity contribution in [3.8, 4) is 5.75 Å². The van der Waals surface area contributed by atoms with E-state index in [2.05, 4.69) is 0 Å². The summed E-state index contributed by atoms with van der Waals surface area (Å²) in [5, 5.41) is 0. The Hall–Kier alpha value is -4.53. The van der Waals surface area contributed by atoms with Crippen LogP contribution in [-0.2, 0) is 9.53 Å². The minimum Gasteiger partial charge on any atom is -0.457 e. The van der Waals surface area contributed by atoms with Crippen LogP contribution in [0.2, 0.25) is 0 Å². The Morgan fingerprint density at radius 3 is 2.12 bits per heavy atom. The number of carbonyl (C=O) groups excluding carboxylic acids is 5. The van der Waals surface area contributed by atoms with Gasteiger partial charge in [-0.2, -0.15) is 0 Å². The minimum atomic E-state index is -0.719. The topological polar surface area (TPSA) is 120 Å². The maximum Gasteiger partial charge on any atom is 0.379 e. The fourth-order valence-electron chi connectivity index (χ4n) is 3.21. The molecule has 0 saturated heterocycles. The van der Waals surface area contributed by atoms with Crippen molar-refractivity contribution < 1.29 is 37.9 Å². The highest BCUT2D eigenvalue weighted by molar-refractivity contribution is 6.21. The monoisotopic (exact) mass is 447 g/mol. The van der Waals surface area contributed by atoms with Gasteiger partial charge in [0.05, 0.1) is 23.8 Å². The first-order valence-corrected chi connectivity index (χ1v) is 9.94. The molecule has 1 aromatic heterocycles. The third kappa shape index (κ3) is 4.72. The van der Waals surface area contributed by atoms with Crippen LogP contribution < -0.4 is 4.74 Å². The number of nitrogens with zero attached hydrogens (tertiary/aromatic N) is 1. The predicted molar refractivity (Wildman–Crippen MR) is 112 cm³/mol. The lowest BCUT2D eigenvalue weighted by atomic mass is 10.1. The largest absolute Gasteiger partial charge is 0.457 e. The molecule has 166 valence electrons. The van der Waals surface area contributed by atoms with Crippen LogP contribution in [0, 0.1) is 0 Å².